The van der Waals surface area contributed by atoms with E-state index in [1.807, 2.05) is 12.1 Å². The molecule has 17 heavy (non-hydrogen) atoms. The number of hydrogen-bond donors (Lipinski definition) is 1. The van der Waals surface area contributed by atoms with Crippen LogP contribution in [0.5, 0.6) is 0 Å². The minimum absolute atomic E-state index is 0.746. The van der Waals surface area contributed by atoms with Crippen molar-refractivity contribution in [3.05, 3.63) is 23.8 Å². The molecule has 1 heterocycles. The summed E-state index contributed by atoms with van der Waals surface area (Å²) in [5.74, 6) is 0.746. The monoisotopic (exact) mass is 234 g/mol. The Bertz CT molecular complexity index is 352. The highest BCUT2D eigenvalue weighted by atomic mass is 16.5. The second-order valence-corrected chi connectivity index (χ2v) is 5.04. The highest BCUT2D eigenvalue weighted by Gasteiger charge is 2.16. The van der Waals surface area contributed by atoms with Gasteiger partial charge in [-0.15, -0.1) is 0 Å². The van der Waals surface area contributed by atoms with Crippen molar-refractivity contribution in [2.24, 2.45) is 5.92 Å². The van der Waals surface area contributed by atoms with Crippen molar-refractivity contribution in [2.45, 2.75) is 19.8 Å². The lowest BCUT2D eigenvalue weighted by Crippen LogP contribution is -2.29. The van der Waals surface area contributed by atoms with Gasteiger partial charge in [0.15, 0.2) is 0 Å². The Kier molecular flexibility index (Phi) is 3.89. The first-order valence-corrected chi connectivity index (χ1v) is 6.31. The number of hydrogen-bond acceptors (Lipinski definition) is 3. The van der Waals surface area contributed by atoms with Gasteiger partial charge in [-0.3, -0.25) is 0 Å². The number of nitrogens with two attached hydrogens (primary N) is 1. The molecule has 0 aliphatic carbocycles. The van der Waals surface area contributed by atoms with E-state index in [0.29, 0.717) is 0 Å². The minimum Gasteiger partial charge on any atom is -0.399 e. The molecule has 1 aromatic rings. The van der Waals surface area contributed by atoms with Crippen molar-refractivity contribution in [2.75, 3.05) is 37.4 Å². The molecule has 1 fully saturated rings. The standard InChI is InChI=1S/C14H22N2O/c1-11-7-13(15)9-14(8-11)16(2)10-12-3-5-17-6-4-12/h7-9,12H,3-6,10,15H2,1-2H3. The first-order chi connectivity index (χ1) is 8.15. The second kappa shape index (κ2) is 5.41. The van der Waals surface area contributed by atoms with Crippen LogP contribution < -0.4 is 10.6 Å². The molecule has 0 unspecified atom stereocenters. The van der Waals surface area contributed by atoms with E-state index in [9.17, 15) is 0 Å². The highest BCUT2D eigenvalue weighted by Crippen LogP contribution is 2.22. The van der Waals surface area contributed by atoms with Gasteiger partial charge in [0.1, 0.15) is 0 Å². The van der Waals surface area contributed by atoms with Crippen molar-refractivity contribution < 1.29 is 4.74 Å². The molecule has 0 amide bonds. The van der Waals surface area contributed by atoms with Gasteiger partial charge in [0.05, 0.1) is 0 Å². The Hall–Kier alpha value is -1.22. The Morgan fingerprint density at radius 2 is 2.00 bits per heavy atom. The summed E-state index contributed by atoms with van der Waals surface area (Å²) >= 11 is 0. The summed E-state index contributed by atoms with van der Waals surface area (Å²) in [6.45, 7) is 5.00. The topological polar surface area (TPSA) is 38.5 Å². The predicted molar refractivity (Wildman–Crippen MR) is 72.4 cm³/mol. The molecule has 0 saturated carbocycles. The number of aryl methyl sites for hydroxylation is 1. The summed E-state index contributed by atoms with van der Waals surface area (Å²) in [7, 11) is 2.14. The van der Waals surface area contributed by atoms with Crippen LogP contribution in [0.3, 0.4) is 0 Å². The van der Waals surface area contributed by atoms with E-state index in [1.54, 1.807) is 0 Å². The molecule has 1 aromatic carbocycles. The summed E-state index contributed by atoms with van der Waals surface area (Å²) < 4.78 is 5.39. The predicted octanol–water partition coefficient (Wildman–Crippen LogP) is 2.44. The molecule has 2 N–H and O–H groups in total. The lowest BCUT2D eigenvalue weighted by molar-refractivity contribution is 0.0685. The number of nitrogens with zero attached hydrogens (tertiary/aromatic N) is 1. The number of ether oxygens (including phenoxy) is 1. The van der Waals surface area contributed by atoms with Gasteiger partial charge < -0.3 is 15.4 Å². The first kappa shape index (κ1) is 12.2. The fourth-order valence-corrected chi connectivity index (χ4v) is 2.43. The molecule has 2 rings (SSSR count). The maximum Gasteiger partial charge on any atom is 0.0469 e. The van der Waals surface area contributed by atoms with Crippen molar-refractivity contribution in [3.63, 3.8) is 0 Å². The summed E-state index contributed by atoms with van der Waals surface area (Å²) in [6, 6.07) is 6.24. The van der Waals surface area contributed by atoms with Crippen LogP contribution in [0.2, 0.25) is 0 Å². The van der Waals surface area contributed by atoms with Gasteiger partial charge in [-0.2, -0.15) is 0 Å². The van der Waals surface area contributed by atoms with Gasteiger partial charge in [-0.25, -0.2) is 0 Å². The summed E-state index contributed by atoms with van der Waals surface area (Å²) in [5, 5.41) is 0. The van der Waals surface area contributed by atoms with Crippen LogP contribution in [0, 0.1) is 12.8 Å². The molecular weight excluding hydrogens is 212 g/mol. The van der Waals surface area contributed by atoms with E-state index in [0.717, 1.165) is 31.4 Å². The van der Waals surface area contributed by atoms with E-state index < -0.39 is 0 Å². The van der Waals surface area contributed by atoms with E-state index in [1.165, 1.54) is 24.1 Å². The molecule has 94 valence electrons. The molecule has 1 saturated heterocycles. The summed E-state index contributed by atoms with van der Waals surface area (Å²) in [4.78, 5) is 2.30. The van der Waals surface area contributed by atoms with Gasteiger partial charge >= 0.3 is 0 Å². The van der Waals surface area contributed by atoms with Crippen LogP contribution in [0.15, 0.2) is 18.2 Å². The molecule has 3 heteroatoms. The van der Waals surface area contributed by atoms with Crippen molar-refractivity contribution in [1.82, 2.24) is 0 Å². The van der Waals surface area contributed by atoms with Crippen LogP contribution in [0.4, 0.5) is 11.4 Å². The first-order valence-electron chi connectivity index (χ1n) is 6.31. The van der Waals surface area contributed by atoms with Crippen LogP contribution in [-0.4, -0.2) is 26.8 Å². The molecule has 0 aromatic heterocycles. The van der Waals surface area contributed by atoms with E-state index in [2.05, 4.69) is 24.9 Å². The maximum atomic E-state index is 5.88. The van der Waals surface area contributed by atoms with Gasteiger partial charge in [0, 0.05) is 38.2 Å². The zero-order valence-corrected chi connectivity index (χ0v) is 10.8. The summed E-state index contributed by atoms with van der Waals surface area (Å²) in [6.07, 6.45) is 2.34. The van der Waals surface area contributed by atoms with Gasteiger partial charge in [-0.05, 0) is 49.4 Å². The fourth-order valence-electron chi connectivity index (χ4n) is 2.43. The third-order valence-corrected chi connectivity index (χ3v) is 3.40. The SMILES string of the molecule is Cc1cc(N)cc(N(C)CC2CCOCC2)c1. The molecule has 1 aliphatic rings. The lowest BCUT2D eigenvalue weighted by Gasteiger charge is -2.28. The number of benzene rings is 1. The molecule has 0 atom stereocenters. The molecule has 0 bridgehead atoms. The third kappa shape index (κ3) is 3.37. The number of anilines is 2. The average Bonchev–Trinajstić information content (AvgIpc) is 2.29. The zero-order chi connectivity index (χ0) is 12.3. The van der Waals surface area contributed by atoms with E-state index in [4.69, 9.17) is 10.5 Å². The van der Waals surface area contributed by atoms with Gasteiger partial charge in [0.25, 0.3) is 0 Å². The Labute approximate surface area is 104 Å². The quantitative estimate of drug-likeness (QED) is 0.816. The van der Waals surface area contributed by atoms with Gasteiger partial charge in [0.2, 0.25) is 0 Å². The Balaban J connectivity index is 2.00. The van der Waals surface area contributed by atoms with E-state index in [-0.39, 0.29) is 0 Å². The van der Waals surface area contributed by atoms with Crippen LogP contribution in [0.1, 0.15) is 18.4 Å². The van der Waals surface area contributed by atoms with Crippen molar-refractivity contribution >= 4 is 11.4 Å². The maximum absolute atomic E-state index is 5.88. The normalized spacial score (nSPS) is 17.1. The molecule has 0 radical (unpaired) electrons. The van der Waals surface area contributed by atoms with Crippen LogP contribution in [-0.2, 0) is 4.74 Å². The highest BCUT2D eigenvalue weighted by molar-refractivity contribution is 5.57. The number of nitrogen functional groups attached to an aromatic ring is 1. The van der Waals surface area contributed by atoms with Crippen LogP contribution in [0.25, 0.3) is 0 Å². The second-order valence-electron chi connectivity index (χ2n) is 5.04. The fraction of sp³-hybridized carbons (Fsp3) is 0.571. The lowest BCUT2D eigenvalue weighted by atomic mass is 9.99. The third-order valence-electron chi connectivity index (χ3n) is 3.40. The van der Waals surface area contributed by atoms with Gasteiger partial charge in [-0.1, -0.05) is 0 Å². The Morgan fingerprint density at radius 1 is 1.29 bits per heavy atom. The molecule has 0 spiro atoms. The van der Waals surface area contributed by atoms with E-state index >= 15 is 0 Å². The summed E-state index contributed by atoms with van der Waals surface area (Å²) in [5.41, 5.74) is 9.17. The van der Waals surface area contributed by atoms with Crippen molar-refractivity contribution in [3.8, 4) is 0 Å². The minimum atomic E-state index is 0.746. The molecule has 3 nitrogen and oxygen atoms in total. The molecular formula is C14H22N2O. The van der Waals surface area contributed by atoms with Crippen LogP contribution >= 0.6 is 0 Å². The molecule has 1 aliphatic heterocycles. The number of rotatable bonds is 3. The Morgan fingerprint density at radius 3 is 2.65 bits per heavy atom. The van der Waals surface area contributed by atoms with Crippen molar-refractivity contribution in [1.29, 1.82) is 0 Å². The zero-order valence-electron chi connectivity index (χ0n) is 10.8. The average molecular weight is 234 g/mol. The largest absolute Gasteiger partial charge is 0.399 e. The smallest absolute Gasteiger partial charge is 0.0469 e.